The second-order valence-corrected chi connectivity index (χ2v) is 12.1. The topological polar surface area (TPSA) is 102 Å². The van der Waals surface area contributed by atoms with Gasteiger partial charge in [-0.15, -0.1) is 0 Å². The van der Waals surface area contributed by atoms with Crippen molar-refractivity contribution in [1.82, 2.24) is 9.71 Å². The third-order valence-electron chi connectivity index (χ3n) is 5.99. The molecule has 2 aromatic heterocycles. The fourth-order valence-electron chi connectivity index (χ4n) is 4.00. The van der Waals surface area contributed by atoms with Crippen LogP contribution in [-0.4, -0.2) is 25.0 Å². The molecule has 2 N–H and O–H groups in total. The number of hydrogen-bond acceptors (Lipinski definition) is 5. The monoisotopic (exact) mass is 538 g/mol. The van der Waals surface area contributed by atoms with Crippen LogP contribution < -0.4 is 9.46 Å². The number of hydrogen-bond donors (Lipinski definition) is 2. The standard InChI is InChI=1S/C29H31FN2O5S/c1-5-18-6-7-21(15-27(33)34)25(12-18)36-17-19-10-22-14-26(30)37-28(22)24(11-19)20-8-9-31-23(13-20)16-32-38(35)29(2,3)4/h6-14,32H,5,15-17H2,1-4H3,(H,33,34). The van der Waals surface area contributed by atoms with E-state index < -0.39 is 27.7 Å². The number of halogens is 1. The lowest BCUT2D eigenvalue weighted by atomic mass is 10.0. The highest BCUT2D eigenvalue weighted by molar-refractivity contribution is 7.84. The van der Waals surface area contributed by atoms with Crippen LogP contribution in [0.3, 0.4) is 0 Å². The van der Waals surface area contributed by atoms with Gasteiger partial charge >= 0.3 is 5.97 Å². The maximum Gasteiger partial charge on any atom is 0.307 e. The molecule has 0 radical (unpaired) electrons. The van der Waals surface area contributed by atoms with E-state index in [-0.39, 0.29) is 13.0 Å². The minimum Gasteiger partial charge on any atom is -0.489 e. The van der Waals surface area contributed by atoms with Crippen LogP contribution in [0, 0.1) is 6.01 Å². The van der Waals surface area contributed by atoms with E-state index in [2.05, 4.69) is 9.71 Å². The third kappa shape index (κ3) is 6.65. The van der Waals surface area contributed by atoms with Crippen molar-refractivity contribution in [2.75, 3.05) is 0 Å². The molecule has 38 heavy (non-hydrogen) atoms. The molecule has 0 saturated heterocycles. The second-order valence-electron chi connectivity index (χ2n) is 10.0. The molecule has 4 rings (SSSR count). The smallest absolute Gasteiger partial charge is 0.307 e. The van der Waals surface area contributed by atoms with Crippen molar-refractivity contribution >= 4 is 27.9 Å². The summed E-state index contributed by atoms with van der Waals surface area (Å²) in [7, 11) is -1.25. The van der Waals surface area contributed by atoms with E-state index in [4.69, 9.17) is 9.15 Å². The molecule has 0 amide bonds. The maximum atomic E-state index is 14.1. The average molecular weight is 539 g/mol. The summed E-state index contributed by atoms with van der Waals surface area (Å²) in [5.41, 5.74) is 4.89. The summed E-state index contributed by atoms with van der Waals surface area (Å²) in [6.45, 7) is 8.13. The lowest BCUT2D eigenvalue weighted by Gasteiger charge is -2.18. The molecule has 9 heteroatoms. The lowest BCUT2D eigenvalue weighted by Crippen LogP contribution is -2.33. The van der Waals surface area contributed by atoms with Crippen molar-refractivity contribution in [3.8, 4) is 16.9 Å². The Morgan fingerprint density at radius 3 is 2.63 bits per heavy atom. The molecule has 0 spiro atoms. The van der Waals surface area contributed by atoms with Crippen LogP contribution in [0.4, 0.5) is 4.39 Å². The minimum atomic E-state index is -1.25. The highest BCUT2D eigenvalue weighted by Crippen LogP contribution is 2.33. The van der Waals surface area contributed by atoms with Crippen molar-refractivity contribution in [1.29, 1.82) is 0 Å². The van der Waals surface area contributed by atoms with Gasteiger partial charge in [-0.3, -0.25) is 9.78 Å². The van der Waals surface area contributed by atoms with Gasteiger partial charge in [0, 0.05) is 28.8 Å². The van der Waals surface area contributed by atoms with Gasteiger partial charge in [0.1, 0.15) is 17.9 Å². The number of aromatic nitrogens is 1. The summed E-state index contributed by atoms with van der Waals surface area (Å²) in [4.78, 5) is 15.7. The van der Waals surface area contributed by atoms with Gasteiger partial charge in [-0.2, -0.15) is 4.39 Å². The van der Waals surface area contributed by atoms with E-state index in [0.717, 1.165) is 23.1 Å². The van der Waals surface area contributed by atoms with E-state index >= 15 is 0 Å². The Kier molecular flexibility index (Phi) is 8.28. The molecule has 2 aromatic carbocycles. The zero-order valence-electron chi connectivity index (χ0n) is 21.8. The first kappa shape index (κ1) is 27.5. The fourth-order valence-corrected chi connectivity index (χ4v) is 4.72. The molecule has 1 atom stereocenters. The predicted octanol–water partition coefficient (Wildman–Crippen LogP) is 5.95. The number of carbonyl (C=O) groups is 1. The summed E-state index contributed by atoms with van der Waals surface area (Å²) in [5.74, 6) is -0.429. The Hall–Kier alpha value is -3.56. The Morgan fingerprint density at radius 1 is 1.13 bits per heavy atom. The van der Waals surface area contributed by atoms with Gasteiger partial charge in [-0.1, -0.05) is 19.1 Å². The Bertz CT molecular complexity index is 1490. The number of benzene rings is 2. The molecule has 0 saturated carbocycles. The van der Waals surface area contributed by atoms with Gasteiger partial charge in [0.15, 0.2) is 0 Å². The lowest BCUT2D eigenvalue weighted by molar-refractivity contribution is -0.136. The van der Waals surface area contributed by atoms with E-state index in [0.29, 0.717) is 40.1 Å². The molecule has 0 aliphatic heterocycles. The summed E-state index contributed by atoms with van der Waals surface area (Å²) in [6, 6.07) is 13.5. The zero-order chi connectivity index (χ0) is 27.4. The number of aliphatic carboxylic acids is 1. The fraction of sp³-hybridized carbons (Fsp3) is 0.310. The summed E-state index contributed by atoms with van der Waals surface area (Å²) in [5, 5.41) is 9.87. The van der Waals surface area contributed by atoms with Crippen molar-refractivity contribution in [2.45, 2.75) is 58.4 Å². The quantitative estimate of drug-likeness (QED) is 0.259. The molecule has 0 fully saturated rings. The number of nitrogens with one attached hydrogen (secondary N) is 1. The van der Waals surface area contributed by atoms with E-state index in [9.17, 15) is 18.5 Å². The number of rotatable bonds is 10. The molecule has 7 nitrogen and oxygen atoms in total. The first-order valence-electron chi connectivity index (χ1n) is 12.3. The third-order valence-corrected chi connectivity index (χ3v) is 7.51. The highest BCUT2D eigenvalue weighted by atomic mass is 32.2. The molecule has 0 bridgehead atoms. The first-order chi connectivity index (χ1) is 18.0. The number of ether oxygens (including phenoxy) is 1. The minimum absolute atomic E-state index is 0.148. The number of carboxylic acid groups (broad SMARTS) is 1. The SMILES string of the molecule is CCc1ccc(CC(=O)O)c(OCc2cc(-c3ccnc(CNS(=O)C(C)(C)C)c3)c3oc(F)cc3c2)c1. The normalized spacial score (nSPS) is 12.6. The van der Waals surface area contributed by atoms with Crippen LogP contribution in [0.1, 0.15) is 50.1 Å². The highest BCUT2D eigenvalue weighted by Gasteiger charge is 2.19. The number of pyridine rings is 1. The molecule has 1 unspecified atom stereocenters. The summed E-state index contributed by atoms with van der Waals surface area (Å²) < 4.78 is 40.6. The van der Waals surface area contributed by atoms with Gasteiger partial charge in [-0.25, -0.2) is 8.93 Å². The molecule has 200 valence electrons. The Labute approximate surface area is 223 Å². The van der Waals surface area contributed by atoms with Crippen LogP contribution in [0.5, 0.6) is 5.75 Å². The van der Waals surface area contributed by atoms with Crippen LogP contribution in [0.15, 0.2) is 59.1 Å². The molecular weight excluding hydrogens is 507 g/mol. The van der Waals surface area contributed by atoms with E-state index in [1.165, 1.54) is 6.07 Å². The zero-order valence-corrected chi connectivity index (χ0v) is 22.7. The van der Waals surface area contributed by atoms with Crippen LogP contribution >= 0.6 is 0 Å². The van der Waals surface area contributed by atoms with E-state index in [1.54, 1.807) is 24.4 Å². The van der Waals surface area contributed by atoms with Crippen molar-refractivity contribution < 1.29 is 27.7 Å². The largest absolute Gasteiger partial charge is 0.489 e. The van der Waals surface area contributed by atoms with Gasteiger partial charge in [0.05, 0.1) is 34.4 Å². The molecule has 0 aliphatic carbocycles. The van der Waals surface area contributed by atoms with E-state index in [1.807, 2.05) is 52.0 Å². The maximum absolute atomic E-state index is 14.1. The number of nitrogens with zero attached hydrogens (tertiary/aromatic N) is 1. The Balaban J connectivity index is 1.64. The summed E-state index contributed by atoms with van der Waals surface area (Å²) in [6.07, 6.45) is 2.29. The van der Waals surface area contributed by atoms with Gasteiger partial charge < -0.3 is 14.3 Å². The molecule has 2 heterocycles. The van der Waals surface area contributed by atoms with Gasteiger partial charge in [0.2, 0.25) is 0 Å². The number of fused-ring (bicyclic) bond motifs is 1. The predicted molar refractivity (Wildman–Crippen MR) is 146 cm³/mol. The number of carboxylic acids is 1. The molecule has 0 aliphatic rings. The average Bonchev–Trinajstić information content (AvgIpc) is 3.25. The first-order valence-corrected chi connectivity index (χ1v) is 13.5. The van der Waals surface area contributed by atoms with Crippen molar-refractivity contribution in [3.05, 3.63) is 83.1 Å². The Morgan fingerprint density at radius 2 is 1.92 bits per heavy atom. The van der Waals surface area contributed by atoms with Crippen LogP contribution in [0.25, 0.3) is 22.1 Å². The van der Waals surface area contributed by atoms with Crippen molar-refractivity contribution in [2.24, 2.45) is 0 Å². The molecular formula is C29H31FN2O5S. The summed E-state index contributed by atoms with van der Waals surface area (Å²) >= 11 is 0. The second kappa shape index (κ2) is 11.4. The van der Waals surface area contributed by atoms with Crippen LogP contribution in [-0.2, 0) is 41.8 Å². The number of aryl methyl sites for hydroxylation is 1. The van der Waals surface area contributed by atoms with Crippen LogP contribution in [0.2, 0.25) is 0 Å². The van der Waals surface area contributed by atoms with Crippen molar-refractivity contribution in [3.63, 3.8) is 0 Å². The number of furan rings is 1. The van der Waals surface area contributed by atoms with Gasteiger partial charge in [0.25, 0.3) is 6.01 Å². The molecule has 4 aromatic rings. The van der Waals surface area contributed by atoms with Gasteiger partial charge in [-0.05, 0) is 74.2 Å².